The molecule has 3 aromatic rings. The summed E-state index contributed by atoms with van der Waals surface area (Å²) in [4.78, 5) is 8.48. The average Bonchev–Trinajstić information content (AvgIpc) is 3.36. The van der Waals surface area contributed by atoms with Crippen molar-refractivity contribution in [1.82, 2.24) is 24.7 Å². The van der Waals surface area contributed by atoms with Crippen molar-refractivity contribution in [1.29, 1.82) is 0 Å². The van der Waals surface area contributed by atoms with Gasteiger partial charge in [-0.2, -0.15) is 0 Å². The molecular weight excluding hydrogens is 306 g/mol. The third kappa shape index (κ3) is 2.82. The number of rotatable bonds is 5. The summed E-state index contributed by atoms with van der Waals surface area (Å²) in [5, 5.41) is 8.42. The van der Waals surface area contributed by atoms with Gasteiger partial charge in [0.25, 0.3) is 5.89 Å². The zero-order chi connectivity index (χ0) is 16.4. The molecule has 1 aliphatic heterocycles. The Morgan fingerprint density at radius 3 is 3.08 bits per heavy atom. The standard InChI is InChI=1S/C17H19N5O2/c1-2-12-4-3-6-19-14(12)16-20-21-17(24-16)15-13(5-9-23-15)10-22-8-7-18-11-22/h3-4,6-8,11,13,15H,2,5,9-10H2,1H3/t13-,15-/m0/s1. The number of imidazole rings is 1. The minimum absolute atomic E-state index is 0.178. The molecule has 1 saturated heterocycles. The summed E-state index contributed by atoms with van der Waals surface area (Å²) in [6, 6.07) is 3.95. The van der Waals surface area contributed by atoms with Gasteiger partial charge in [-0.25, -0.2) is 4.98 Å². The van der Waals surface area contributed by atoms with Crippen LogP contribution in [0.15, 0.2) is 41.5 Å². The van der Waals surface area contributed by atoms with Crippen LogP contribution in [0.2, 0.25) is 0 Å². The molecule has 0 spiro atoms. The van der Waals surface area contributed by atoms with Crippen LogP contribution >= 0.6 is 0 Å². The van der Waals surface area contributed by atoms with E-state index in [4.69, 9.17) is 9.15 Å². The number of nitrogens with zero attached hydrogens (tertiary/aromatic N) is 5. The van der Waals surface area contributed by atoms with Crippen molar-refractivity contribution in [2.24, 2.45) is 5.92 Å². The van der Waals surface area contributed by atoms with Crippen molar-refractivity contribution >= 4 is 0 Å². The maximum absolute atomic E-state index is 5.91. The smallest absolute Gasteiger partial charge is 0.266 e. The molecule has 124 valence electrons. The van der Waals surface area contributed by atoms with E-state index >= 15 is 0 Å². The first-order valence-corrected chi connectivity index (χ1v) is 8.20. The largest absolute Gasteiger partial charge is 0.416 e. The summed E-state index contributed by atoms with van der Waals surface area (Å²) < 4.78 is 13.8. The lowest BCUT2D eigenvalue weighted by molar-refractivity contribution is 0.0642. The molecule has 0 N–H and O–H groups in total. The van der Waals surface area contributed by atoms with E-state index in [9.17, 15) is 0 Å². The summed E-state index contributed by atoms with van der Waals surface area (Å²) in [7, 11) is 0. The first-order valence-electron chi connectivity index (χ1n) is 8.20. The molecule has 0 radical (unpaired) electrons. The van der Waals surface area contributed by atoms with E-state index in [1.807, 2.05) is 24.7 Å². The topological polar surface area (TPSA) is 78.9 Å². The fraction of sp³-hybridized carbons (Fsp3) is 0.412. The molecular formula is C17H19N5O2. The predicted octanol–water partition coefficient (Wildman–Crippen LogP) is 2.67. The Hall–Kier alpha value is -2.54. The van der Waals surface area contributed by atoms with Gasteiger partial charge < -0.3 is 13.7 Å². The van der Waals surface area contributed by atoms with Crippen molar-refractivity contribution < 1.29 is 9.15 Å². The Kier molecular flexibility index (Phi) is 4.08. The van der Waals surface area contributed by atoms with Crippen LogP contribution in [0.5, 0.6) is 0 Å². The van der Waals surface area contributed by atoms with Crippen LogP contribution in [0.1, 0.15) is 30.9 Å². The van der Waals surface area contributed by atoms with E-state index in [1.165, 1.54) is 0 Å². The molecule has 7 heteroatoms. The van der Waals surface area contributed by atoms with E-state index in [0.717, 1.165) is 30.6 Å². The lowest BCUT2D eigenvalue weighted by Crippen LogP contribution is -2.14. The molecule has 2 atom stereocenters. The van der Waals surface area contributed by atoms with Gasteiger partial charge in [-0.1, -0.05) is 13.0 Å². The van der Waals surface area contributed by atoms with Gasteiger partial charge in [-0.15, -0.1) is 10.2 Å². The molecule has 1 fully saturated rings. The zero-order valence-corrected chi connectivity index (χ0v) is 13.5. The molecule has 0 aliphatic carbocycles. The minimum Gasteiger partial charge on any atom is -0.416 e. The third-order valence-electron chi connectivity index (χ3n) is 4.38. The highest BCUT2D eigenvalue weighted by Gasteiger charge is 2.34. The summed E-state index contributed by atoms with van der Waals surface area (Å²) in [5.41, 5.74) is 1.85. The first-order chi connectivity index (χ1) is 11.8. The normalized spacial score (nSPS) is 20.5. The van der Waals surface area contributed by atoms with Crippen LogP contribution in [0, 0.1) is 5.92 Å². The zero-order valence-electron chi connectivity index (χ0n) is 13.5. The SMILES string of the molecule is CCc1cccnc1-c1nnc([C@H]2OCC[C@H]2Cn2ccnc2)o1. The summed E-state index contributed by atoms with van der Waals surface area (Å²) >= 11 is 0. The van der Waals surface area contributed by atoms with Crippen LogP contribution in [-0.4, -0.2) is 31.3 Å². The number of aryl methyl sites for hydroxylation is 1. The monoisotopic (exact) mass is 325 g/mol. The molecule has 0 aromatic carbocycles. The second-order valence-corrected chi connectivity index (χ2v) is 5.91. The average molecular weight is 325 g/mol. The van der Waals surface area contributed by atoms with Crippen molar-refractivity contribution in [2.75, 3.05) is 6.61 Å². The van der Waals surface area contributed by atoms with Gasteiger partial charge in [0.15, 0.2) is 0 Å². The van der Waals surface area contributed by atoms with Crippen molar-refractivity contribution in [3.05, 3.63) is 48.5 Å². The van der Waals surface area contributed by atoms with Crippen molar-refractivity contribution in [3.8, 4) is 11.6 Å². The predicted molar refractivity (Wildman–Crippen MR) is 85.9 cm³/mol. The molecule has 7 nitrogen and oxygen atoms in total. The van der Waals surface area contributed by atoms with Gasteiger partial charge >= 0.3 is 0 Å². The van der Waals surface area contributed by atoms with Gasteiger partial charge in [0.05, 0.1) is 6.33 Å². The maximum atomic E-state index is 5.91. The second kappa shape index (κ2) is 6.52. The van der Waals surface area contributed by atoms with Gasteiger partial charge in [0.1, 0.15) is 11.8 Å². The Morgan fingerprint density at radius 2 is 2.25 bits per heavy atom. The number of hydrogen-bond acceptors (Lipinski definition) is 6. The quantitative estimate of drug-likeness (QED) is 0.717. The van der Waals surface area contributed by atoms with E-state index in [-0.39, 0.29) is 6.10 Å². The highest BCUT2D eigenvalue weighted by atomic mass is 16.5. The van der Waals surface area contributed by atoms with Gasteiger partial charge in [-0.05, 0) is 24.5 Å². The minimum atomic E-state index is -0.178. The Bertz CT molecular complexity index is 799. The highest BCUT2D eigenvalue weighted by molar-refractivity contribution is 5.52. The molecule has 24 heavy (non-hydrogen) atoms. The first kappa shape index (κ1) is 15.0. The van der Waals surface area contributed by atoms with E-state index in [2.05, 4.69) is 31.7 Å². The van der Waals surface area contributed by atoms with Crippen LogP contribution < -0.4 is 0 Å². The number of ether oxygens (including phenoxy) is 1. The van der Waals surface area contributed by atoms with Gasteiger partial charge in [-0.3, -0.25) is 4.98 Å². The number of pyridine rings is 1. The number of hydrogen-bond donors (Lipinski definition) is 0. The summed E-state index contributed by atoms with van der Waals surface area (Å²) in [6.45, 7) is 3.61. The van der Waals surface area contributed by atoms with E-state index < -0.39 is 0 Å². The lowest BCUT2D eigenvalue weighted by Gasteiger charge is -2.15. The van der Waals surface area contributed by atoms with Gasteiger partial charge in [0, 0.05) is 37.7 Å². The summed E-state index contributed by atoms with van der Waals surface area (Å²) in [5.74, 6) is 1.28. The molecule has 1 aliphatic rings. The third-order valence-corrected chi connectivity index (χ3v) is 4.38. The lowest BCUT2D eigenvalue weighted by atomic mass is 10.0. The molecule has 4 rings (SSSR count). The van der Waals surface area contributed by atoms with E-state index in [0.29, 0.717) is 24.3 Å². The molecule has 4 heterocycles. The Labute approximate surface area is 139 Å². The fourth-order valence-electron chi connectivity index (χ4n) is 3.12. The van der Waals surface area contributed by atoms with E-state index in [1.54, 1.807) is 12.4 Å². The molecule has 0 bridgehead atoms. The summed E-state index contributed by atoms with van der Waals surface area (Å²) in [6.07, 6.45) is 8.94. The molecule has 3 aromatic heterocycles. The molecule has 0 amide bonds. The molecule has 0 saturated carbocycles. The van der Waals surface area contributed by atoms with Crippen LogP contribution in [-0.2, 0) is 17.7 Å². The van der Waals surface area contributed by atoms with Crippen LogP contribution in [0.25, 0.3) is 11.6 Å². The number of aromatic nitrogens is 5. The van der Waals surface area contributed by atoms with Crippen molar-refractivity contribution in [2.45, 2.75) is 32.4 Å². The van der Waals surface area contributed by atoms with Crippen LogP contribution in [0.3, 0.4) is 0 Å². The molecule has 0 unspecified atom stereocenters. The maximum Gasteiger partial charge on any atom is 0.266 e. The fourth-order valence-corrected chi connectivity index (χ4v) is 3.12. The van der Waals surface area contributed by atoms with Crippen molar-refractivity contribution in [3.63, 3.8) is 0 Å². The van der Waals surface area contributed by atoms with Crippen LogP contribution in [0.4, 0.5) is 0 Å². The Balaban J connectivity index is 1.57. The highest BCUT2D eigenvalue weighted by Crippen LogP contribution is 2.36. The van der Waals surface area contributed by atoms with Gasteiger partial charge in [0.2, 0.25) is 5.89 Å². The Morgan fingerprint density at radius 1 is 1.29 bits per heavy atom. The second-order valence-electron chi connectivity index (χ2n) is 5.91.